The van der Waals surface area contributed by atoms with Gasteiger partial charge in [-0.25, -0.2) is 15.3 Å². The van der Waals surface area contributed by atoms with Crippen molar-refractivity contribution in [3.05, 3.63) is 46.1 Å². The number of nitrogens with two attached hydrogens (primary N) is 1. The van der Waals surface area contributed by atoms with E-state index in [0.717, 1.165) is 24.2 Å². The first-order chi connectivity index (χ1) is 9.65. The van der Waals surface area contributed by atoms with Gasteiger partial charge in [-0.3, -0.25) is 4.84 Å². The van der Waals surface area contributed by atoms with E-state index in [4.69, 9.17) is 10.6 Å². The van der Waals surface area contributed by atoms with Crippen molar-refractivity contribution in [3.8, 4) is 5.69 Å². The molecular weight excluding hydrogens is 371 g/mol. The molecule has 0 bridgehead atoms. The average molecular weight is 386 g/mol. The number of nitrogens with one attached hydrogen (secondary N) is 1. The van der Waals surface area contributed by atoms with Crippen LogP contribution in [-0.4, -0.2) is 22.2 Å². The van der Waals surface area contributed by atoms with Crippen LogP contribution in [0.25, 0.3) is 5.69 Å². The number of rotatable bonds is 6. The van der Waals surface area contributed by atoms with E-state index < -0.39 is 6.03 Å². The van der Waals surface area contributed by atoms with Crippen molar-refractivity contribution in [2.24, 2.45) is 5.73 Å². The van der Waals surface area contributed by atoms with Crippen LogP contribution in [0.2, 0.25) is 0 Å². The number of nitrogens with zero attached hydrogens (tertiary/aromatic N) is 2. The lowest BCUT2D eigenvalue weighted by atomic mass is 10.2. The zero-order valence-electron chi connectivity index (χ0n) is 10.8. The number of aryl methyl sites for hydroxylation is 1. The van der Waals surface area contributed by atoms with Gasteiger partial charge in [0, 0.05) is 15.5 Å². The summed E-state index contributed by atoms with van der Waals surface area (Å²) in [6, 6.07) is 7.52. The minimum absolute atomic E-state index is 0.402. The highest BCUT2D eigenvalue weighted by Gasteiger charge is 2.01. The molecule has 0 unspecified atom stereocenters. The summed E-state index contributed by atoms with van der Waals surface area (Å²) in [5.41, 5.74) is 9.01. The predicted molar refractivity (Wildman–Crippen MR) is 83.3 cm³/mol. The number of aromatic nitrogens is 2. The first-order valence-corrected chi connectivity index (χ1v) is 7.19. The van der Waals surface area contributed by atoms with E-state index in [1.54, 1.807) is 6.33 Å². The molecule has 6 nitrogen and oxygen atoms in total. The fourth-order valence-electron chi connectivity index (χ4n) is 1.69. The number of carbonyl (C=O) groups is 1. The maximum Gasteiger partial charge on any atom is 0.336 e. The number of halogens is 1. The molecule has 1 aromatic heterocycles. The van der Waals surface area contributed by atoms with Gasteiger partial charge in [-0.05, 0) is 59.7 Å². The first kappa shape index (κ1) is 14.8. The van der Waals surface area contributed by atoms with E-state index in [1.807, 2.05) is 22.9 Å². The monoisotopic (exact) mass is 386 g/mol. The number of hydroxylamine groups is 1. The SMILES string of the molecule is NC(=O)NOCCCc1cn(-c2ccc(I)cc2)cn1. The Balaban J connectivity index is 1.83. The van der Waals surface area contributed by atoms with Crippen LogP contribution in [0.15, 0.2) is 36.8 Å². The highest BCUT2D eigenvalue weighted by molar-refractivity contribution is 14.1. The molecular formula is C13H15IN4O2. The Kier molecular flexibility index (Phi) is 5.36. The maximum atomic E-state index is 10.4. The fraction of sp³-hybridized carbons (Fsp3) is 0.231. The molecule has 20 heavy (non-hydrogen) atoms. The number of benzene rings is 1. The van der Waals surface area contributed by atoms with Crippen LogP contribution in [0.3, 0.4) is 0 Å². The van der Waals surface area contributed by atoms with Gasteiger partial charge in [0.2, 0.25) is 0 Å². The van der Waals surface area contributed by atoms with Gasteiger partial charge < -0.3 is 10.3 Å². The molecule has 0 saturated heterocycles. The molecule has 1 heterocycles. The number of amides is 2. The summed E-state index contributed by atoms with van der Waals surface area (Å²) >= 11 is 2.27. The number of primary amides is 1. The van der Waals surface area contributed by atoms with Crippen LogP contribution in [0, 0.1) is 3.57 Å². The van der Waals surface area contributed by atoms with E-state index in [1.165, 1.54) is 3.57 Å². The van der Waals surface area contributed by atoms with Crippen LogP contribution < -0.4 is 11.2 Å². The van der Waals surface area contributed by atoms with Gasteiger partial charge in [0.1, 0.15) is 0 Å². The van der Waals surface area contributed by atoms with E-state index >= 15 is 0 Å². The molecule has 2 aromatic rings. The molecule has 2 rings (SSSR count). The third kappa shape index (κ3) is 4.49. The van der Waals surface area contributed by atoms with Gasteiger partial charge in [-0.1, -0.05) is 0 Å². The summed E-state index contributed by atoms with van der Waals surface area (Å²) in [7, 11) is 0. The molecule has 7 heteroatoms. The van der Waals surface area contributed by atoms with Gasteiger partial charge in [-0.15, -0.1) is 0 Å². The van der Waals surface area contributed by atoms with E-state index in [0.29, 0.717) is 6.61 Å². The third-order valence-corrected chi connectivity index (χ3v) is 3.33. The van der Waals surface area contributed by atoms with Gasteiger partial charge in [0.15, 0.2) is 0 Å². The Bertz CT molecular complexity index is 568. The summed E-state index contributed by atoms with van der Waals surface area (Å²) in [5.74, 6) is 0. The lowest BCUT2D eigenvalue weighted by Crippen LogP contribution is -2.29. The van der Waals surface area contributed by atoms with Crippen LogP contribution in [0.1, 0.15) is 12.1 Å². The zero-order chi connectivity index (χ0) is 14.4. The van der Waals surface area contributed by atoms with Crippen molar-refractivity contribution in [3.63, 3.8) is 0 Å². The number of hydrogen-bond donors (Lipinski definition) is 2. The molecule has 0 atom stereocenters. The molecule has 3 N–H and O–H groups in total. The average Bonchev–Trinajstić information content (AvgIpc) is 2.87. The van der Waals surface area contributed by atoms with Gasteiger partial charge in [0.25, 0.3) is 0 Å². The molecule has 0 saturated carbocycles. The highest BCUT2D eigenvalue weighted by atomic mass is 127. The number of carbonyl (C=O) groups excluding carboxylic acids is 1. The van der Waals surface area contributed by atoms with Gasteiger partial charge >= 0.3 is 6.03 Å². The quantitative estimate of drug-likeness (QED) is 0.453. The number of hydrogen-bond acceptors (Lipinski definition) is 3. The molecule has 0 spiro atoms. The van der Waals surface area contributed by atoms with Crippen molar-refractivity contribution in [2.45, 2.75) is 12.8 Å². The fourth-order valence-corrected chi connectivity index (χ4v) is 2.05. The van der Waals surface area contributed by atoms with Crippen molar-refractivity contribution >= 4 is 28.6 Å². The summed E-state index contributed by atoms with van der Waals surface area (Å²) < 4.78 is 3.18. The normalized spacial score (nSPS) is 10.4. The summed E-state index contributed by atoms with van der Waals surface area (Å²) in [6.07, 6.45) is 5.31. The molecule has 0 fully saturated rings. The van der Waals surface area contributed by atoms with Gasteiger partial charge in [-0.2, -0.15) is 0 Å². The molecule has 0 aliphatic rings. The van der Waals surface area contributed by atoms with Crippen LogP contribution in [0.4, 0.5) is 4.79 Å². The Morgan fingerprint density at radius 1 is 1.40 bits per heavy atom. The van der Waals surface area contributed by atoms with E-state index in [2.05, 4.69) is 45.2 Å². The van der Waals surface area contributed by atoms with Crippen molar-refractivity contribution in [1.82, 2.24) is 15.0 Å². The van der Waals surface area contributed by atoms with Crippen molar-refractivity contribution < 1.29 is 9.63 Å². The minimum atomic E-state index is -0.687. The second-order valence-corrected chi connectivity index (χ2v) is 5.41. The summed E-state index contributed by atoms with van der Waals surface area (Å²) in [6.45, 7) is 0.402. The standard InChI is InChI=1S/C13H15IN4O2/c14-10-3-5-12(6-4-10)18-8-11(16-9-18)2-1-7-20-17-13(15)19/h3-6,8-9H,1-2,7H2,(H3,15,17,19). The van der Waals surface area contributed by atoms with Gasteiger partial charge in [0.05, 0.1) is 18.6 Å². The molecule has 0 radical (unpaired) electrons. The van der Waals surface area contributed by atoms with Crippen LogP contribution in [0.5, 0.6) is 0 Å². The van der Waals surface area contributed by atoms with E-state index in [9.17, 15) is 4.79 Å². The molecule has 1 aromatic carbocycles. The second-order valence-electron chi connectivity index (χ2n) is 4.17. The lowest BCUT2D eigenvalue weighted by Gasteiger charge is -2.02. The Hall–Kier alpha value is -1.61. The van der Waals surface area contributed by atoms with Crippen LogP contribution in [-0.2, 0) is 11.3 Å². The molecule has 0 aliphatic heterocycles. The summed E-state index contributed by atoms with van der Waals surface area (Å²) in [5, 5.41) is 0. The van der Waals surface area contributed by atoms with Crippen LogP contribution >= 0.6 is 22.6 Å². The topological polar surface area (TPSA) is 82.2 Å². The Morgan fingerprint density at radius 2 is 2.15 bits per heavy atom. The first-order valence-electron chi connectivity index (χ1n) is 6.11. The molecule has 2 amide bonds. The maximum absolute atomic E-state index is 10.4. The van der Waals surface area contributed by atoms with E-state index in [-0.39, 0.29) is 0 Å². The largest absolute Gasteiger partial charge is 0.350 e. The number of imidazole rings is 1. The lowest BCUT2D eigenvalue weighted by molar-refractivity contribution is 0.0628. The second kappa shape index (κ2) is 7.25. The third-order valence-electron chi connectivity index (χ3n) is 2.61. The van der Waals surface area contributed by atoms with Crippen molar-refractivity contribution in [1.29, 1.82) is 0 Å². The van der Waals surface area contributed by atoms with Crippen molar-refractivity contribution in [2.75, 3.05) is 6.61 Å². The smallest absolute Gasteiger partial charge is 0.336 e. The number of urea groups is 1. The zero-order valence-corrected chi connectivity index (χ0v) is 12.9. The molecule has 0 aliphatic carbocycles. The Morgan fingerprint density at radius 3 is 2.85 bits per heavy atom. The Labute approximate surface area is 130 Å². The predicted octanol–water partition coefficient (Wildman–Crippen LogP) is 2.01. The molecule has 106 valence electrons. The highest BCUT2D eigenvalue weighted by Crippen LogP contribution is 2.12. The minimum Gasteiger partial charge on any atom is -0.350 e. The summed E-state index contributed by atoms with van der Waals surface area (Å²) in [4.78, 5) is 19.6.